The van der Waals surface area contributed by atoms with Crippen molar-refractivity contribution in [3.05, 3.63) is 47.5 Å². The highest BCUT2D eigenvalue weighted by Gasteiger charge is 2.43. The van der Waals surface area contributed by atoms with E-state index in [2.05, 4.69) is 0 Å². The second kappa shape index (κ2) is 8.39. The number of phenols is 2. The Bertz CT molecular complexity index is 849. The van der Waals surface area contributed by atoms with Crippen molar-refractivity contribution in [1.82, 2.24) is 0 Å². The second-order valence-electron chi connectivity index (χ2n) is 6.71. The zero-order chi connectivity index (χ0) is 20.3. The van der Waals surface area contributed by atoms with Crippen molar-refractivity contribution in [1.29, 1.82) is 0 Å². The van der Waals surface area contributed by atoms with Gasteiger partial charge in [-0.05, 0) is 41.8 Å². The van der Waals surface area contributed by atoms with Crippen LogP contribution in [0.3, 0.4) is 0 Å². The summed E-state index contributed by atoms with van der Waals surface area (Å²) in [6, 6.07) is 10.00. The van der Waals surface area contributed by atoms with Crippen molar-refractivity contribution in [2.75, 3.05) is 27.9 Å². The van der Waals surface area contributed by atoms with Gasteiger partial charge in [0, 0.05) is 13.0 Å². The summed E-state index contributed by atoms with van der Waals surface area (Å²) in [5, 5.41) is 19.6. The van der Waals surface area contributed by atoms with E-state index in [1.54, 1.807) is 30.3 Å². The van der Waals surface area contributed by atoms with Crippen LogP contribution in [0.4, 0.5) is 0 Å². The Morgan fingerprint density at radius 2 is 1.68 bits per heavy atom. The van der Waals surface area contributed by atoms with Crippen LogP contribution in [0.2, 0.25) is 0 Å². The summed E-state index contributed by atoms with van der Waals surface area (Å²) in [5.41, 5.74) is 1.63. The molecule has 1 fully saturated rings. The molecule has 150 valence electrons. The van der Waals surface area contributed by atoms with Crippen LogP contribution in [0.15, 0.2) is 36.4 Å². The molecule has 0 aliphatic carbocycles. The van der Waals surface area contributed by atoms with Crippen LogP contribution in [-0.2, 0) is 20.7 Å². The molecule has 28 heavy (non-hydrogen) atoms. The van der Waals surface area contributed by atoms with Crippen LogP contribution in [0.5, 0.6) is 23.0 Å². The summed E-state index contributed by atoms with van der Waals surface area (Å²) in [5.74, 6) is -0.188. The van der Waals surface area contributed by atoms with Gasteiger partial charge in [0.2, 0.25) is 0 Å². The molecule has 0 saturated carbocycles. The van der Waals surface area contributed by atoms with Crippen LogP contribution >= 0.6 is 0 Å². The van der Waals surface area contributed by atoms with E-state index in [1.165, 1.54) is 27.4 Å². The number of cyclic esters (lactones) is 1. The topological polar surface area (TPSA) is 94.5 Å². The summed E-state index contributed by atoms with van der Waals surface area (Å²) in [6.45, 7) is 0.280. The van der Waals surface area contributed by atoms with Crippen LogP contribution in [0.1, 0.15) is 17.2 Å². The van der Waals surface area contributed by atoms with Crippen molar-refractivity contribution in [3.8, 4) is 23.0 Å². The van der Waals surface area contributed by atoms with Gasteiger partial charge in [0.05, 0.1) is 32.8 Å². The Labute approximate surface area is 163 Å². The highest BCUT2D eigenvalue weighted by Crippen LogP contribution is 2.40. The molecule has 0 amide bonds. The van der Waals surface area contributed by atoms with E-state index in [9.17, 15) is 15.0 Å². The van der Waals surface area contributed by atoms with Crippen molar-refractivity contribution < 1.29 is 34.0 Å². The van der Waals surface area contributed by atoms with Crippen LogP contribution in [-0.4, -0.2) is 44.1 Å². The Hall–Kier alpha value is -2.93. The number of phenolic OH excluding ortho intramolecular Hbond substituents is 2. The van der Waals surface area contributed by atoms with Crippen molar-refractivity contribution in [3.63, 3.8) is 0 Å². The molecule has 2 N–H and O–H groups in total. The molecule has 1 aliphatic rings. The van der Waals surface area contributed by atoms with Crippen LogP contribution < -0.4 is 9.47 Å². The van der Waals surface area contributed by atoms with E-state index in [-0.39, 0.29) is 30.0 Å². The number of methoxy groups -OCH3 is 3. The first-order valence-corrected chi connectivity index (χ1v) is 8.90. The van der Waals surface area contributed by atoms with E-state index >= 15 is 0 Å². The smallest absolute Gasteiger partial charge is 0.312 e. The SMILES string of the molecule is COc1cc(CC2COC(=O)C2C(OC)c2ccc(O)c(OC)c2)ccc1O. The summed E-state index contributed by atoms with van der Waals surface area (Å²) in [7, 11) is 4.49. The molecule has 7 nitrogen and oxygen atoms in total. The van der Waals surface area contributed by atoms with Gasteiger partial charge in [-0.3, -0.25) is 4.79 Å². The normalized spacial score (nSPS) is 19.9. The van der Waals surface area contributed by atoms with E-state index < -0.39 is 12.0 Å². The molecule has 3 rings (SSSR count). The highest BCUT2D eigenvalue weighted by molar-refractivity contribution is 5.76. The van der Waals surface area contributed by atoms with Gasteiger partial charge in [0.25, 0.3) is 0 Å². The summed E-state index contributed by atoms with van der Waals surface area (Å²) < 4.78 is 21.3. The fraction of sp³-hybridized carbons (Fsp3) is 0.381. The number of hydrogen-bond acceptors (Lipinski definition) is 7. The molecule has 2 aromatic rings. The fourth-order valence-corrected chi connectivity index (χ4v) is 3.65. The zero-order valence-corrected chi connectivity index (χ0v) is 16.0. The van der Waals surface area contributed by atoms with Crippen molar-refractivity contribution in [2.45, 2.75) is 12.5 Å². The lowest BCUT2D eigenvalue weighted by Gasteiger charge is -2.25. The maximum absolute atomic E-state index is 12.5. The maximum Gasteiger partial charge on any atom is 0.312 e. The molecule has 3 unspecified atom stereocenters. The molecule has 2 aromatic carbocycles. The Morgan fingerprint density at radius 3 is 2.32 bits per heavy atom. The van der Waals surface area contributed by atoms with E-state index in [0.29, 0.717) is 23.5 Å². The molecule has 3 atom stereocenters. The van der Waals surface area contributed by atoms with Crippen molar-refractivity contribution in [2.24, 2.45) is 11.8 Å². The lowest BCUT2D eigenvalue weighted by molar-refractivity contribution is -0.145. The monoisotopic (exact) mass is 388 g/mol. The number of esters is 1. The van der Waals surface area contributed by atoms with E-state index in [0.717, 1.165) is 5.56 Å². The number of carbonyl (C=O) groups is 1. The predicted octanol–water partition coefficient (Wildman–Crippen LogP) is 2.83. The highest BCUT2D eigenvalue weighted by atomic mass is 16.5. The quantitative estimate of drug-likeness (QED) is 0.704. The number of carbonyl (C=O) groups excluding carboxylic acids is 1. The molecule has 1 saturated heterocycles. The number of ether oxygens (including phenoxy) is 4. The van der Waals surface area contributed by atoms with Crippen molar-refractivity contribution >= 4 is 5.97 Å². The fourth-order valence-electron chi connectivity index (χ4n) is 3.65. The van der Waals surface area contributed by atoms with Gasteiger partial charge in [-0.2, -0.15) is 0 Å². The first-order chi connectivity index (χ1) is 13.5. The largest absolute Gasteiger partial charge is 0.504 e. The molecule has 1 aliphatic heterocycles. The minimum Gasteiger partial charge on any atom is -0.504 e. The van der Waals surface area contributed by atoms with Gasteiger partial charge in [-0.25, -0.2) is 0 Å². The van der Waals surface area contributed by atoms with Crippen LogP contribution in [0, 0.1) is 11.8 Å². The number of aromatic hydroxyl groups is 2. The number of rotatable bonds is 7. The average molecular weight is 388 g/mol. The molecular formula is C21H24O7. The van der Waals surface area contributed by atoms with E-state index in [1.807, 2.05) is 0 Å². The van der Waals surface area contributed by atoms with Crippen LogP contribution in [0.25, 0.3) is 0 Å². The third kappa shape index (κ3) is 3.84. The Balaban J connectivity index is 1.88. The lowest BCUT2D eigenvalue weighted by atomic mass is 9.82. The van der Waals surface area contributed by atoms with Gasteiger partial charge in [-0.1, -0.05) is 12.1 Å². The minimum absolute atomic E-state index is 0.0165. The first-order valence-electron chi connectivity index (χ1n) is 8.90. The molecule has 0 radical (unpaired) electrons. The zero-order valence-electron chi connectivity index (χ0n) is 16.0. The van der Waals surface area contributed by atoms with Gasteiger partial charge < -0.3 is 29.2 Å². The average Bonchev–Trinajstić information content (AvgIpc) is 3.05. The maximum atomic E-state index is 12.5. The third-order valence-electron chi connectivity index (χ3n) is 5.07. The molecular weight excluding hydrogens is 364 g/mol. The summed E-state index contributed by atoms with van der Waals surface area (Å²) in [4.78, 5) is 12.5. The van der Waals surface area contributed by atoms with Gasteiger partial charge in [0.15, 0.2) is 23.0 Å². The number of hydrogen-bond donors (Lipinski definition) is 2. The number of benzene rings is 2. The lowest BCUT2D eigenvalue weighted by Crippen LogP contribution is -2.26. The first kappa shape index (κ1) is 19.8. The van der Waals surface area contributed by atoms with Gasteiger partial charge in [0.1, 0.15) is 0 Å². The van der Waals surface area contributed by atoms with Gasteiger partial charge in [-0.15, -0.1) is 0 Å². The Morgan fingerprint density at radius 1 is 1.04 bits per heavy atom. The standard InChI is InChI=1S/C21H24O7/c1-25-17-9-12(4-6-15(17)22)8-14-11-28-21(24)19(14)20(27-3)13-5-7-16(23)18(10-13)26-2/h4-7,9-10,14,19-20,22-23H,8,11H2,1-3H3. The predicted molar refractivity (Wildman–Crippen MR) is 101 cm³/mol. The summed E-state index contributed by atoms with van der Waals surface area (Å²) >= 11 is 0. The molecule has 0 aromatic heterocycles. The second-order valence-corrected chi connectivity index (χ2v) is 6.71. The van der Waals surface area contributed by atoms with Gasteiger partial charge >= 0.3 is 5.97 Å². The molecule has 7 heteroatoms. The Kier molecular flexibility index (Phi) is 5.94. The van der Waals surface area contributed by atoms with E-state index in [4.69, 9.17) is 18.9 Å². The molecule has 1 heterocycles. The molecule has 0 spiro atoms. The minimum atomic E-state index is -0.548. The molecule has 0 bridgehead atoms. The third-order valence-corrected chi connectivity index (χ3v) is 5.07. The summed E-state index contributed by atoms with van der Waals surface area (Å²) in [6.07, 6.45) is 0.00999.